The van der Waals surface area contributed by atoms with E-state index in [2.05, 4.69) is 200 Å². The molecule has 1 heteroatoms. The first kappa shape index (κ1) is 34.6. The van der Waals surface area contributed by atoms with Gasteiger partial charge in [-0.05, 0) is 153 Å². The SMILES string of the molecule is Fc1ccc(-c2cc(-c3cccc(-c4ccccc4)c3)c3ccc4c(-c5cccc(-c6ccccc6)c5)cc(-c5cccc(-c6ccccc6)c5)c5ccc2c3c54)cc1. The molecule has 0 bridgehead atoms. The molecule has 0 aliphatic carbocycles. The van der Waals surface area contributed by atoms with Crippen molar-refractivity contribution in [3.8, 4) is 77.9 Å². The van der Waals surface area contributed by atoms with Crippen LogP contribution in [0.25, 0.3) is 110 Å². The third kappa shape index (κ3) is 6.16. The Morgan fingerprint density at radius 2 is 0.492 bits per heavy atom. The molecule has 0 unspecified atom stereocenters. The van der Waals surface area contributed by atoms with Crippen LogP contribution in [0.15, 0.2) is 224 Å². The van der Waals surface area contributed by atoms with E-state index < -0.39 is 0 Å². The highest BCUT2D eigenvalue weighted by Gasteiger charge is 2.21. The normalized spacial score (nSPS) is 11.5. The van der Waals surface area contributed by atoms with Crippen LogP contribution in [0.1, 0.15) is 0 Å². The van der Waals surface area contributed by atoms with Crippen molar-refractivity contribution in [2.45, 2.75) is 0 Å². The summed E-state index contributed by atoms with van der Waals surface area (Å²) in [5.41, 5.74) is 16.1. The lowest BCUT2D eigenvalue weighted by Gasteiger charge is -2.22. The first-order chi connectivity index (χ1) is 29.2. The van der Waals surface area contributed by atoms with Gasteiger partial charge in [-0.25, -0.2) is 4.39 Å². The van der Waals surface area contributed by atoms with Gasteiger partial charge >= 0.3 is 0 Å². The molecule has 0 radical (unpaired) electrons. The van der Waals surface area contributed by atoms with E-state index in [-0.39, 0.29) is 5.82 Å². The number of benzene rings is 11. The highest BCUT2D eigenvalue weighted by molar-refractivity contribution is 6.32. The molecular formula is C58H37F. The molecular weight excluding hydrogens is 716 g/mol. The Balaban J connectivity index is 1.25. The van der Waals surface area contributed by atoms with Crippen LogP contribution in [0.4, 0.5) is 4.39 Å². The van der Waals surface area contributed by atoms with Crippen molar-refractivity contribution in [2.24, 2.45) is 0 Å². The summed E-state index contributed by atoms with van der Waals surface area (Å²) in [6.45, 7) is 0. The average Bonchev–Trinajstić information content (AvgIpc) is 3.31. The molecule has 11 rings (SSSR count). The van der Waals surface area contributed by atoms with Gasteiger partial charge in [-0.2, -0.15) is 0 Å². The molecule has 0 heterocycles. The molecule has 11 aromatic rings. The third-order valence-corrected chi connectivity index (χ3v) is 11.9. The molecule has 276 valence electrons. The van der Waals surface area contributed by atoms with Crippen LogP contribution in [0, 0.1) is 5.82 Å². The van der Waals surface area contributed by atoms with Crippen LogP contribution < -0.4 is 0 Å². The minimum Gasteiger partial charge on any atom is -0.207 e. The monoisotopic (exact) mass is 752 g/mol. The molecule has 11 aromatic carbocycles. The zero-order valence-corrected chi connectivity index (χ0v) is 32.2. The van der Waals surface area contributed by atoms with Crippen molar-refractivity contribution in [3.05, 3.63) is 230 Å². The van der Waals surface area contributed by atoms with Crippen molar-refractivity contribution in [1.29, 1.82) is 0 Å². The molecule has 59 heavy (non-hydrogen) atoms. The first-order valence-corrected chi connectivity index (χ1v) is 20.2. The summed E-state index contributed by atoms with van der Waals surface area (Å²) in [5, 5.41) is 7.17. The number of halogens is 1. The van der Waals surface area contributed by atoms with E-state index in [1.165, 1.54) is 82.6 Å². The molecule has 0 fully saturated rings. The van der Waals surface area contributed by atoms with Crippen molar-refractivity contribution in [2.75, 3.05) is 0 Å². The van der Waals surface area contributed by atoms with E-state index in [1.807, 2.05) is 12.1 Å². The van der Waals surface area contributed by atoms with Crippen LogP contribution in [0.2, 0.25) is 0 Å². The zero-order valence-electron chi connectivity index (χ0n) is 32.2. The van der Waals surface area contributed by atoms with Gasteiger partial charge in [0.25, 0.3) is 0 Å². The molecule has 0 spiro atoms. The number of hydrogen-bond donors (Lipinski definition) is 0. The van der Waals surface area contributed by atoms with Gasteiger partial charge in [0, 0.05) is 0 Å². The van der Waals surface area contributed by atoms with Crippen LogP contribution in [-0.2, 0) is 0 Å². The summed E-state index contributed by atoms with van der Waals surface area (Å²) < 4.78 is 14.5. The Morgan fingerprint density at radius 3 is 0.831 bits per heavy atom. The van der Waals surface area contributed by atoms with Crippen LogP contribution >= 0.6 is 0 Å². The van der Waals surface area contributed by atoms with Gasteiger partial charge in [-0.1, -0.05) is 182 Å². The Bertz CT molecular complexity index is 3190. The number of hydrogen-bond acceptors (Lipinski definition) is 0. The summed E-state index contributed by atoms with van der Waals surface area (Å²) in [4.78, 5) is 0. The molecule has 0 amide bonds. The second kappa shape index (κ2) is 14.4. The minimum absolute atomic E-state index is 0.244. The van der Waals surface area contributed by atoms with Crippen molar-refractivity contribution in [3.63, 3.8) is 0 Å². The molecule has 0 aromatic heterocycles. The quantitative estimate of drug-likeness (QED) is 0.142. The van der Waals surface area contributed by atoms with Crippen LogP contribution in [-0.4, -0.2) is 0 Å². The van der Waals surface area contributed by atoms with Crippen molar-refractivity contribution < 1.29 is 4.39 Å². The second-order valence-electron chi connectivity index (χ2n) is 15.4. The molecule has 0 nitrogen and oxygen atoms in total. The maximum atomic E-state index is 14.5. The Hall–Kier alpha value is -7.61. The zero-order chi connectivity index (χ0) is 39.3. The Kier molecular flexibility index (Phi) is 8.45. The van der Waals surface area contributed by atoms with Crippen LogP contribution in [0.3, 0.4) is 0 Å². The summed E-state index contributed by atoms with van der Waals surface area (Å²) in [6, 6.07) is 79.5. The highest BCUT2D eigenvalue weighted by Crippen LogP contribution is 2.49. The van der Waals surface area contributed by atoms with E-state index in [4.69, 9.17) is 0 Å². The van der Waals surface area contributed by atoms with Gasteiger partial charge in [0.05, 0.1) is 0 Å². The molecule has 0 saturated heterocycles. The largest absolute Gasteiger partial charge is 0.207 e. The van der Waals surface area contributed by atoms with Gasteiger partial charge in [0.2, 0.25) is 0 Å². The molecule has 0 atom stereocenters. The predicted octanol–water partition coefficient (Wildman–Crippen LogP) is 16.4. The summed E-state index contributed by atoms with van der Waals surface area (Å²) in [6.07, 6.45) is 0. The maximum absolute atomic E-state index is 14.5. The third-order valence-electron chi connectivity index (χ3n) is 11.9. The van der Waals surface area contributed by atoms with Gasteiger partial charge in [-0.15, -0.1) is 0 Å². The summed E-state index contributed by atoms with van der Waals surface area (Å²) in [5.74, 6) is -0.244. The number of rotatable bonds is 7. The van der Waals surface area contributed by atoms with Crippen LogP contribution in [0.5, 0.6) is 0 Å². The standard InChI is InChI=1S/C58H37F/c59-48-27-25-41(26-28-48)53-36-54(45-22-10-19-42(33-45)38-13-4-1-5-14-38)50-31-32-52-56(47-24-12-21-44(35-47)40-17-8-3-9-18-40)37-55(51-30-29-49(53)57(50)58(51)52)46-23-11-20-43(34-46)39-15-6-2-7-16-39/h1-37H. The van der Waals surface area contributed by atoms with E-state index in [9.17, 15) is 4.39 Å². The fourth-order valence-corrected chi connectivity index (χ4v) is 9.07. The van der Waals surface area contributed by atoms with E-state index in [0.29, 0.717) is 0 Å². The second-order valence-corrected chi connectivity index (χ2v) is 15.4. The summed E-state index contributed by atoms with van der Waals surface area (Å²) in [7, 11) is 0. The first-order valence-electron chi connectivity index (χ1n) is 20.2. The van der Waals surface area contributed by atoms with Gasteiger partial charge in [0.1, 0.15) is 5.82 Å². The van der Waals surface area contributed by atoms with E-state index in [1.54, 1.807) is 12.1 Å². The van der Waals surface area contributed by atoms with Crippen molar-refractivity contribution >= 4 is 32.3 Å². The molecule has 0 aliphatic rings. The van der Waals surface area contributed by atoms with Gasteiger partial charge in [0.15, 0.2) is 0 Å². The van der Waals surface area contributed by atoms with E-state index >= 15 is 0 Å². The maximum Gasteiger partial charge on any atom is 0.123 e. The fourth-order valence-electron chi connectivity index (χ4n) is 9.07. The lowest BCUT2D eigenvalue weighted by atomic mass is 9.81. The van der Waals surface area contributed by atoms with Crippen molar-refractivity contribution in [1.82, 2.24) is 0 Å². The average molecular weight is 753 g/mol. The van der Waals surface area contributed by atoms with Gasteiger partial charge in [-0.3, -0.25) is 0 Å². The van der Waals surface area contributed by atoms with E-state index in [0.717, 1.165) is 27.6 Å². The van der Waals surface area contributed by atoms with Gasteiger partial charge < -0.3 is 0 Å². The summed E-state index contributed by atoms with van der Waals surface area (Å²) >= 11 is 0. The lowest BCUT2D eigenvalue weighted by molar-refractivity contribution is 0.628. The Labute approximate surface area is 343 Å². The highest BCUT2D eigenvalue weighted by atomic mass is 19.1. The molecule has 0 aliphatic heterocycles. The molecule has 0 N–H and O–H groups in total. The molecule has 0 saturated carbocycles. The Morgan fingerprint density at radius 1 is 0.203 bits per heavy atom. The minimum atomic E-state index is -0.244. The smallest absolute Gasteiger partial charge is 0.123 e. The fraction of sp³-hybridized carbons (Fsp3) is 0. The topological polar surface area (TPSA) is 0 Å². The predicted molar refractivity (Wildman–Crippen MR) is 248 cm³/mol. The lowest BCUT2D eigenvalue weighted by Crippen LogP contribution is -1.95.